The molecule has 3 aromatic carbocycles. The fourth-order valence-corrected chi connectivity index (χ4v) is 3.37. The van der Waals surface area contributed by atoms with Gasteiger partial charge >= 0.3 is 0 Å². The molecule has 5 heteroatoms. The average molecular weight is 373 g/mol. The van der Waals surface area contributed by atoms with Crippen molar-refractivity contribution in [2.45, 2.75) is 19.9 Å². The van der Waals surface area contributed by atoms with Gasteiger partial charge in [-0.1, -0.05) is 48.5 Å². The summed E-state index contributed by atoms with van der Waals surface area (Å²) in [7, 11) is 0. The summed E-state index contributed by atoms with van der Waals surface area (Å²) in [5, 5.41) is 5.07. The van der Waals surface area contributed by atoms with Gasteiger partial charge in [0.15, 0.2) is 0 Å². The molecule has 0 fully saturated rings. The minimum Gasteiger partial charge on any atom is -0.352 e. The van der Waals surface area contributed by atoms with E-state index in [-0.39, 0.29) is 24.7 Å². The zero-order valence-corrected chi connectivity index (χ0v) is 15.5. The first kappa shape index (κ1) is 17.9. The second-order valence-corrected chi connectivity index (χ2v) is 6.72. The number of nitrogens with zero attached hydrogens (tertiary/aromatic N) is 2. The van der Waals surface area contributed by atoms with Crippen LogP contribution >= 0.6 is 0 Å². The van der Waals surface area contributed by atoms with Crippen LogP contribution in [0.15, 0.2) is 73.1 Å². The lowest BCUT2D eigenvalue weighted by Crippen LogP contribution is -2.24. The molecular weight excluding hydrogens is 353 g/mol. The summed E-state index contributed by atoms with van der Waals surface area (Å²) in [5.41, 5.74) is 2.14. The van der Waals surface area contributed by atoms with Gasteiger partial charge in [0.2, 0.25) is 5.91 Å². The van der Waals surface area contributed by atoms with Gasteiger partial charge in [-0.15, -0.1) is 0 Å². The van der Waals surface area contributed by atoms with Crippen molar-refractivity contribution in [1.82, 2.24) is 14.9 Å². The maximum atomic E-state index is 14.5. The van der Waals surface area contributed by atoms with Crippen molar-refractivity contribution in [1.29, 1.82) is 0 Å². The smallest absolute Gasteiger partial charge is 0.224 e. The molecule has 0 unspecified atom stereocenters. The molecule has 1 amide bonds. The van der Waals surface area contributed by atoms with Crippen LogP contribution in [-0.2, 0) is 17.8 Å². The van der Waals surface area contributed by atoms with E-state index in [1.807, 2.05) is 55.5 Å². The van der Waals surface area contributed by atoms with Gasteiger partial charge in [-0.2, -0.15) is 0 Å². The van der Waals surface area contributed by atoms with Crippen molar-refractivity contribution in [2.24, 2.45) is 0 Å². The summed E-state index contributed by atoms with van der Waals surface area (Å²) in [5.74, 6) is 0.281. The normalized spacial score (nSPS) is 10.9. The van der Waals surface area contributed by atoms with Crippen LogP contribution in [0, 0.1) is 12.7 Å². The SMILES string of the molecule is Cc1nccn1-c1ccc(CNC(=O)Cc2cccc3ccccc23)cc1F. The minimum atomic E-state index is -0.345. The second-order valence-electron chi connectivity index (χ2n) is 6.72. The van der Waals surface area contributed by atoms with Crippen LogP contribution in [0.4, 0.5) is 4.39 Å². The van der Waals surface area contributed by atoms with Crippen molar-refractivity contribution < 1.29 is 9.18 Å². The van der Waals surface area contributed by atoms with E-state index in [2.05, 4.69) is 10.3 Å². The number of aryl methyl sites for hydroxylation is 1. The predicted molar refractivity (Wildman–Crippen MR) is 108 cm³/mol. The number of hydrogen-bond donors (Lipinski definition) is 1. The van der Waals surface area contributed by atoms with Crippen molar-refractivity contribution >= 4 is 16.7 Å². The Bertz CT molecular complexity index is 1140. The maximum Gasteiger partial charge on any atom is 0.224 e. The summed E-state index contributed by atoms with van der Waals surface area (Å²) in [6, 6.07) is 18.9. The van der Waals surface area contributed by atoms with Gasteiger partial charge in [0, 0.05) is 18.9 Å². The number of amides is 1. The second kappa shape index (κ2) is 7.64. The zero-order chi connectivity index (χ0) is 19.5. The van der Waals surface area contributed by atoms with Crippen molar-refractivity contribution in [3.8, 4) is 5.69 Å². The van der Waals surface area contributed by atoms with Gasteiger partial charge in [0.25, 0.3) is 0 Å². The van der Waals surface area contributed by atoms with E-state index in [1.165, 1.54) is 6.07 Å². The molecule has 1 heterocycles. The Labute approximate surface area is 162 Å². The lowest BCUT2D eigenvalue weighted by Gasteiger charge is -2.10. The number of imidazole rings is 1. The number of rotatable bonds is 5. The summed E-state index contributed by atoms with van der Waals surface area (Å²) in [4.78, 5) is 16.5. The molecule has 4 nitrogen and oxygen atoms in total. The van der Waals surface area contributed by atoms with E-state index in [1.54, 1.807) is 23.0 Å². The molecule has 0 saturated carbocycles. The lowest BCUT2D eigenvalue weighted by molar-refractivity contribution is -0.120. The van der Waals surface area contributed by atoms with Gasteiger partial charge in [0.05, 0.1) is 12.1 Å². The average Bonchev–Trinajstić information content (AvgIpc) is 3.12. The summed E-state index contributed by atoms with van der Waals surface area (Å²) < 4.78 is 16.2. The molecule has 0 radical (unpaired) electrons. The Kier molecular flexibility index (Phi) is 4.89. The van der Waals surface area contributed by atoms with Crippen LogP contribution in [-0.4, -0.2) is 15.5 Å². The quantitative estimate of drug-likeness (QED) is 0.566. The zero-order valence-electron chi connectivity index (χ0n) is 15.5. The fourth-order valence-electron chi connectivity index (χ4n) is 3.37. The molecule has 4 aromatic rings. The molecule has 1 aromatic heterocycles. The highest BCUT2D eigenvalue weighted by Crippen LogP contribution is 2.19. The Morgan fingerprint density at radius 1 is 1.11 bits per heavy atom. The molecule has 0 bridgehead atoms. The number of aromatic nitrogens is 2. The Morgan fingerprint density at radius 3 is 2.71 bits per heavy atom. The molecular formula is C23H20FN3O. The first-order chi connectivity index (χ1) is 13.6. The van der Waals surface area contributed by atoms with Crippen LogP contribution < -0.4 is 5.32 Å². The van der Waals surface area contributed by atoms with Crippen LogP contribution in [0.3, 0.4) is 0 Å². The monoisotopic (exact) mass is 373 g/mol. The molecule has 1 N–H and O–H groups in total. The molecule has 0 saturated heterocycles. The summed E-state index contributed by atoms with van der Waals surface area (Å²) >= 11 is 0. The first-order valence-electron chi connectivity index (χ1n) is 9.14. The molecule has 4 rings (SSSR count). The third-order valence-corrected chi connectivity index (χ3v) is 4.82. The highest BCUT2D eigenvalue weighted by atomic mass is 19.1. The summed E-state index contributed by atoms with van der Waals surface area (Å²) in [6.07, 6.45) is 3.64. The number of halogens is 1. The van der Waals surface area contributed by atoms with E-state index in [9.17, 15) is 9.18 Å². The minimum absolute atomic E-state index is 0.0914. The van der Waals surface area contributed by atoms with E-state index < -0.39 is 0 Å². The van der Waals surface area contributed by atoms with E-state index in [0.717, 1.165) is 22.2 Å². The molecule has 28 heavy (non-hydrogen) atoms. The van der Waals surface area contributed by atoms with Crippen LogP contribution in [0.25, 0.3) is 16.5 Å². The number of nitrogens with one attached hydrogen (secondary N) is 1. The molecule has 0 atom stereocenters. The van der Waals surface area contributed by atoms with Gasteiger partial charge in [-0.3, -0.25) is 4.79 Å². The maximum absolute atomic E-state index is 14.5. The Hall–Kier alpha value is -3.47. The topological polar surface area (TPSA) is 46.9 Å². The Morgan fingerprint density at radius 2 is 1.93 bits per heavy atom. The van der Waals surface area contributed by atoms with Gasteiger partial charge in [-0.05, 0) is 41.0 Å². The largest absolute Gasteiger partial charge is 0.352 e. The third kappa shape index (κ3) is 3.64. The highest BCUT2D eigenvalue weighted by molar-refractivity contribution is 5.90. The number of carbonyl (C=O) groups excluding carboxylic acids is 1. The molecule has 0 spiro atoms. The van der Waals surface area contributed by atoms with Crippen LogP contribution in [0.5, 0.6) is 0 Å². The van der Waals surface area contributed by atoms with Crippen LogP contribution in [0.2, 0.25) is 0 Å². The van der Waals surface area contributed by atoms with Crippen molar-refractivity contribution in [3.63, 3.8) is 0 Å². The van der Waals surface area contributed by atoms with Crippen molar-refractivity contribution in [3.05, 3.63) is 95.8 Å². The number of hydrogen-bond acceptors (Lipinski definition) is 2. The Balaban J connectivity index is 1.43. The van der Waals surface area contributed by atoms with Crippen molar-refractivity contribution in [2.75, 3.05) is 0 Å². The molecule has 140 valence electrons. The fraction of sp³-hybridized carbons (Fsp3) is 0.130. The number of benzene rings is 3. The van der Waals surface area contributed by atoms with E-state index in [0.29, 0.717) is 11.3 Å². The first-order valence-corrected chi connectivity index (χ1v) is 9.14. The van der Waals surface area contributed by atoms with E-state index >= 15 is 0 Å². The standard InChI is InChI=1S/C23H20FN3O/c1-16-25-11-12-27(16)22-10-9-17(13-21(22)24)15-26-23(28)14-19-7-4-6-18-5-2-3-8-20(18)19/h2-13H,14-15H2,1H3,(H,26,28). The van der Waals surface area contributed by atoms with E-state index in [4.69, 9.17) is 0 Å². The van der Waals surface area contributed by atoms with Gasteiger partial charge in [0.1, 0.15) is 11.6 Å². The summed E-state index contributed by atoms with van der Waals surface area (Å²) in [6.45, 7) is 2.10. The molecule has 0 aliphatic rings. The van der Waals surface area contributed by atoms with Gasteiger partial charge < -0.3 is 9.88 Å². The number of carbonyl (C=O) groups is 1. The molecule has 0 aliphatic heterocycles. The third-order valence-electron chi connectivity index (χ3n) is 4.82. The molecule has 0 aliphatic carbocycles. The highest BCUT2D eigenvalue weighted by Gasteiger charge is 2.10. The number of fused-ring (bicyclic) bond motifs is 1. The lowest BCUT2D eigenvalue weighted by atomic mass is 10.0. The van der Waals surface area contributed by atoms with Gasteiger partial charge in [-0.25, -0.2) is 9.37 Å². The van der Waals surface area contributed by atoms with Crippen LogP contribution in [0.1, 0.15) is 17.0 Å². The predicted octanol–water partition coefficient (Wildman–Crippen LogP) is 4.33.